The summed E-state index contributed by atoms with van der Waals surface area (Å²) < 4.78 is 11.7. The van der Waals surface area contributed by atoms with E-state index in [2.05, 4.69) is 0 Å². The number of ether oxygens (including phenoxy) is 2. The molecule has 0 heterocycles. The van der Waals surface area contributed by atoms with E-state index < -0.39 is 52.6 Å². The second-order valence-electron chi connectivity index (χ2n) is 10.6. The normalized spacial score (nSPS) is 47.1. The van der Waals surface area contributed by atoms with Gasteiger partial charge in [0.05, 0.1) is 18.3 Å². The van der Waals surface area contributed by atoms with Gasteiger partial charge in [-0.05, 0) is 24.5 Å². The third kappa shape index (κ3) is 2.75. The number of carbonyl (C=O) groups excluding carboxylic acids is 2. The molecule has 0 aromatic heterocycles. The lowest BCUT2D eigenvalue weighted by molar-refractivity contribution is -0.220. The minimum absolute atomic E-state index is 0.170. The largest absolute Gasteiger partial charge is 0.458 e. The Labute approximate surface area is 183 Å². The van der Waals surface area contributed by atoms with Gasteiger partial charge < -0.3 is 24.8 Å². The van der Waals surface area contributed by atoms with Gasteiger partial charge in [0, 0.05) is 48.9 Å². The van der Waals surface area contributed by atoms with E-state index in [0.717, 1.165) is 11.1 Å². The van der Waals surface area contributed by atoms with Gasteiger partial charge in [-0.25, -0.2) is 0 Å². The van der Waals surface area contributed by atoms with Crippen molar-refractivity contribution in [1.29, 1.82) is 0 Å². The predicted molar refractivity (Wildman–Crippen MR) is 111 cm³/mol. The average Bonchev–Trinajstić information content (AvgIpc) is 3.06. The topological polar surface area (TPSA) is 113 Å². The minimum Gasteiger partial charge on any atom is -0.458 e. The molecule has 3 N–H and O–H groups in total. The van der Waals surface area contributed by atoms with E-state index in [4.69, 9.17) is 9.47 Å². The first-order valence-electron chi connectivity index (χ1n) is 11.1. The van der Waals surface area contributed by atoms with Crippen LogP contribution in [-0.2, 0) is 19.1 Å². The molecule has 0 saturated heterocycles. The Morgan fingerprint density at radius 2 is 1.81 bits per heavy atom. The fourth-order valence-corrected chi connectivity index (χ4v) is 7.35. The molecule has 0 bridgehead atoms. The maximum Gasteiger partial charge on any atom is 0.303 e. The van der Waals surface area contributed by atoms with Crippen LogP contribution >= 0.6 is 0 Å². The maximum atomic E-state index is 12.4. The monoisotopic (exact) mass is 434 g/mol. The number of hydrogen-bond acceptors (Lipinski definition) is 7. The van der Waals surface area contributed by atoms with Gasteiger partial charge in [-0.15, -0.1) is 0 Å². The van der Waals surface area contributed by atoms with Gasteiger partial charge in [0.15, 0.2) is 5.60 Å². The Hall–Kier alpha value is -1.70. The molecule has 4 aliphatic carbocycles. The number of fused-ring (bicyclic) bond motifs is 5. The Bertz CT molecular complexity index is 873. The summed E-state index contributed by atoms with van der Waals surface area (Å²) in [6.45, 7) is 10.1. The van der Waals surface area contributed by atoms with Crippen molar-refractivity contribution in [3.05, 3.63) is 23.3 Å². The van der Waals surface area contributed by atoms with E-state index in [1.54, 1.807) is 0 Å². The van der Waals surface area contributed by atoms with Crippen LogP contribution in [0.2, 0.25) is 0 Å². The predicted octanol–water partition coefficient (Wildman–Crippen LogP) is 1.75. The molecular formula is C24H34O7. The Kier molecular flexibility index (Phi) is 5.00. The molecule has 9 atom stereocenters. The Morgan fingerprint density at radius 3 is 2.35 bits per heavy atom. The zero-order valence-corrected chi connectivity index (χ0v) is 19.1. The van der Waals surface area contributed by atoms with Crippen molar-refractivity contribution in [3.63, 3.8) is 0 Å². The first-order valence-corrected chi connectivity index (χ1v) is 11.1. The third-order valence-corrected chi connectivity index (χ3v) is 8.69. The molecule has 0 aromatic carbocycles. The number of carbonyl (C=O) groups is 2. The number of esters is 2. The van der Waals surface area contributed by atoms with Crippen molar-refractivity contribution in [2.45, 2.75) is 71.4 Å². The molecule has 7 heteroatoms. The van der Waals surface area contributed by atoms with E-state index >= 15 is 0 Å². The first-order chi connectivity index (χ1) is 14.3. The van der Waals surface area contributed by atoms with Gasteiger partial charge in [0.25, 0.3) is 0 Å². The standard InChI is InChI=1S/C24H34O7/c1-11-7-17-16(19(11)28)8-15(10-25)9-18-20-22(5,6)24(20,31-14(4)27)21(30-13(3)26)12(2)23(17,18)29/h7,9,12,16-21,25,28-29H,8,10H2,1-6H3/t12-,16+,17-,18+,19+,20-,21-,23+,24-/m1/s1. The summed E-state index contributed by atoms with van der Waals surface area (Å²) in [5.74, 6) is -2.94. The summed E-state index contributed by atoms with van der Waals surface area (Å²) in [7, 11) is 0. The van der Waals surface area contributed by atoms with E-state index in [-0.39, 0.29) is 24.4 Å². The van der Waals surface area contributed by atoms with Crippen LogP contribution in [0.25, 0.3) is 0 Å². The molecule has 31 heavy (non-hydrogen) atoms. The molecule has 0 radical (unpaired) electrons. The summed E-state index contributed by atoms with van der Waals surface area (Å²) in [5.41, 5.74) is -1.41. The Balaban J connectivity index is 1.93. The molecule has 7 nitrogen and oxygen atoms in total. The highest BCUT2D eigenvalue weighted by Crippen LogP contribution is 2.77. The lowest BCUT2D eigenvalue weighted by atomic mass is 9.59. The van der Waals surface area contributed by atoms with Gasteiger partial charge in [-0.3, -0.25) is 9.59 Å². The molecule has 2 fully saturated rings. The highest BCUT2D eigenvalue weighted by molar-refractivity contribution is 5.69. The second kappa shape index (κ2) is 6.90. The zero-order chi connectivity index (χ0) is 23.1. The average molecular weight is 435 g/mol. The molecule has 0 spiro atoms. The third-order valence-electron chi connectivity index (χ3n) is 8.69. The first kappa shape index (κ1) is 22.5. The molecule has 4 rings (SSSR count). The Morgan fingerprint density at radius 1 is 1.16 bits per heavy atom. The SMILES string of the molecule is CC(=O)O[C@@H]1[C@@H](C)[C@]2(O)[C@@H]3C=C(C)[C@H](O)[C@H]3CC(CO)=C[C@H]2[C@@H]2C(C)(C)[C@]12OC(C)=O. The summed E-state index contributed by atoms with van der Waals surface area (Å²) >= 11 is 0. The van der Waals surface area contributed by atoms with Gasteiger partial charge in [-0.1, -0.05) is 32.9 Å². The second-order valence-corrected chi connectivity index (χ2v) is 10.6. The van der Waals surface area contributed by atoms with E-state index in [0.29, 0.717) is 6.42 Å². The van der Waals surface area contributed by atoms with Gasteiger partial charge in [-0.2, -0.15) is 0 Å². The molecule has 0 unspecified atom stereocenters. The molecule has 0 aliphatic heterocycles. The van der Waals surface area contributed by atoms with E-state index in [9.17, 15) is 24.9 Å². The molecule has 2 saturated carbocycles. The van der Waals surface area contributed by atoms with Crippen LogP contribution in [0.15, 0.2) is 23.3 Å². The molecular weight excluding hydrogens is 400 g/mol. The molecule has 0 aromatic rings. The highest BCUT2D eigenvalue weighted by Gasteiger charge is 2.87. The van der Waals surface area contributed by atoms with Crippen LogP contribution in [0.3, 0.4) is 0 Å². The van der Waals surface area contributed by atoms with Crippen molar-refractivity contribution in [3.8, 4) is 0 Å². The van der Waals surface area contributed by atoms with Crippen LogP contribution in [0.5, 0.6) is 0 Å². The van der Waals surface area contributed by atoms with Crippen LogP contribution in [0.1, 0.15) is 48.0 Å². The van der Waals surface area contributed by atoms with E-state index in [1.165, 1.54) is 13.8 Å². The number of aliphatic hydroxyl groups is 3. The lowest BCUT2D eigenvalue weighted by Gasteiger charge is -2.52. The number of rotatable bonds is 3. The smallest absolute Gasteiger partial charge is 0.303 e. The summed E-state index contributed by atoms with van der Waals surface area (Å²) in [6.07, 6.45) is 2.78. The maximum absolute atomic E-state index is 12.4. The van der Waals surface area contributed by atoms with Gasteiger partial charge in [0.1, 0.15) is 6.10 Å². The van der Waals surface area contributed by atoms with Crippen molar-refractivity contribution in [2.75, 3.05) is 6.61 Å². The lowest BCUT2D eigenvalue weighted by Crippen LogP contribution is -2.63. The van der Waals surface area contributed by atoms with Crippen molar-refractivity contribution >= 4 is 11.9 Å². The fourth-order valence-electron chi connectivity index (χ4n) is 7.35. The molecule has 0 amide bonds. The molecule has 4 aliphatic rings. The highest BCUT2D eigenvalue weighted by atomic mass is 16.6. The van der Waals surface area contributed by atoms with Crippen LogP contribution < -0.4 is 0 Å². The number of aliphatic hydroxyl groups excluding tert-OH is 2. The zero-order valence-electron chi connectivity index (χ0n) is 19.1. The fraction of sp³-hybridized carbons (Fsp3) is 0.750. The van der Waals surface area contributed by atoms with Crippen molar-refractivity contribution in [2.24, 2.45) is 35.0 Å². The summed E-state index contributed by atoms with van der Waals surface area (Å²) in [4.78, 5) is 24.2. The summed E-state index contributed by atoms with van der Waals surface area (Å²) in [5, 5.41) is 33.3. The van der Waals surface area contributed by atoms with Gasteiger partial charge in [0.2, 0.25) is 0 Å². The van der Waals surface area contributed by atoms with E-state index in [1.807, 2.05) is 39.8 Å². The molecule has 172 valence electrons. The van der Waals surface area contributed by atoms with Crippen molar-refractivity contribution in [1.82, 2.24) is 0 Å². The van der Waals surface area contributed by atoms with Crippen LogP contribution in [-0.4, -0.2) is 57.3 Å². The number of hydrogen-bond donors (Lipinski definition) is 3. The van der Waals surface area contributed by atoms with Crippen LogP contribution in [0.4, 0.5) is 0 Å². The summed E-state index contributed by atoms with van der Waals surface area (Å²) in [6, 6.07) is 0. The van der Waals surface area contributed by atoms with Gasteiger partial charge >= 0.3 is 11.9 Å². The van der Waals surface area contributed by atoms with Crippen LogP contribution in [0, 0.1) is 35.0 Å². The van der Waals surface area contributed by atoms with Crippen molar-refractivity contribution < 1.29 is 34.4 Å². The minimum atomic E-state index is -1.34. The quantitative estimate of drug-likeness (QED) is 0.458.